The molecule has 0 bridgehead atoms. The molecule has 0 saturated carbocycles. The van der Waals surface area contributed by atoms with E-state index in [1.165, 1.54) is 0 Å². The molecule has 2 N–H and O–H groups in total. The molecule has 0 aliphatic carbocycles. The zero-order valence-electron chi connectivity index (χ0n) is 14.2. The minimum absolute atomic E-state index is 0.198. The fraction of sp³-hybridized carbons (Fsp3) is 0.0476. The Morgan fingerprint density at radius 3 is 2.46 bits per heavy atom. The summed E-state index contributed by atoms with van der Waals surface area (Å²) in [6, 6.07) is 22.4. The topological polar surface area (TPSA) is 67.3 Å². The fourth-order valence-electron chi connectivity index (χ4n) is 2.76. The van der Waals surface area contributed by atoms with Crippen LogP contribution in [-0.4, -0.2) is 22.2 Å². The Bertz CT molecular complexity index is 1060. The van der Waals surface area contributed by atoms with Gasteiger partial charge in [-0.3, -0.25) is 0 Å². The molecule has 5 heteroatoms. The third kappa shape index (κ3) is 3.15. The van der Waals surface area contributed by atoms with Gasteiger partial charge in [-0.25, -0.2) is 9.97 Å². The zero-order valence-corrected chi connectivity index (χ0v) is 14.2. The molecule has 4 rings (SSSR count). The van der Waals surface area contributed by atoms with Crippen molar-refractivity contribution in [1.82, 2.24) is 9.97 Å². The molecule has 26 heavy (non-hydrogen) atoms. The van der Waals surface area contributed by atoms with Gasteiger partial charge in [0.25, 0.3) is 0 Å². The highest BCUT2D eigenvalue weighted by Crippen LogP contribution is 2.28. The van der Waals surface area contributed by atoms with Gasteiger partial charge >= 0.3 is 0 Å². The molecule has 5 nitrogen and oxygen atoms in total. The number of ether oxygens (including phenoxy) is 1. The van der Waals surface area contributed by atoms with Gasteiger partial charge in [0.2, 0.25) is 0 Å². The summed E-state index contributed by atoms with van der Waals surface area (Å²) >= 11 is 0. The number of phenols is 1. The Kier molecular flexibility index (Phi) is 4.11. The second kappa shape index (κ2) is 6.72. The first-order valence-electron chi connectivity index (χ1n) is 8.20. The minimum atomic E-state index is 0.198. The molecule has 0 saturated heterocycles. The average molecular weight is 343 g/mol. The van der Waals surface area contributed by atoms with Gasteiger partial charge < -0.3 is 15.2 Å². The number of aromatic nitrogens is 2. The van der Waals surface area contributed by atoms with Crippen LogP contribution in [0.3, 0.4) is 0 Å². The number of phenolic OH excluding ortho intramolecular Hbond substituents is 1. The molecular weight excluding hydrogens is 326 g/mol. The quantitative estimate of drug-likeness (QED) is 0.559. The van der Waals surface area contributed by atoms with Crippen molar-refractivity contribution in [2.45, 2.75) is 0 Å². The lowest BCUT2D eigenvalue weighted by atomic mass is 10.1. The molecule has 0 amide bonds. The van der Waals surface area contributed by atoms with Crippen LogP contribution < -0.4 is 10.1 Å². The average Bonchev–Trinajstić information content (AvgIpc) is 2.68. The van der Waals surface area contributed by atoms with Gasteiger partial charge in [0.1, 0.15) is 17.3 Å². The lowest BCUT2D eigenvalue weighted by Gasteiger charge is -2.11. The standard InChI is InChI=1S/C21H17N3O2/c1-26-17-11-9-14(10-12-17)20-23-19-8-3-2-7-18(19)21(24-20)22-15-5-4-6-16(25)13-15/h2-13,25H,1H3,(H,22,23,24). The Morgan fingerprint density at radius 2 is 1.69 bits per heavy atom. The molecule has 0 unspecified atom stereocenters. The molecule has 0 radical (unpaired) electrons. The van der Waals surface area contributed by atoms with Crippen LogP contribution in [0, 0.1) is 0 Å². The second-order valence-corrected chi connectivity index (χ2v) is 5.82. The van der Waals surface area contributed by atoms with Crippen LogP contribution in [-0.2, 0) is 0 Å². The molecule has 4 aromatic rings. The Morgan fingerprint density at radius 1 is 0.885 bits per heavy atom. The number of benzene rings is 3. The summed E-state index contributed by atoms with van der Waals surface area (Å²) in [4.78, 5) is 9.39. The summed E-state index contributed by atoms with van der Waals surface area (Å²) < 4.78 is 5.21. The van der Waals surface area contributed by atoms with Crippen LogP contribution in [0.4, 0.5) is 11.5 Å². The number of hydrogen-bond acceptors (Lipinski definition) is 5. The number of aromatic hydroxyl groups is 1. The number of nitrogens with zero attached hydrogens (tertiary/aromatic N) is 2. The first-order valence-corrected chi connectivity index (χ1v) is 8.20. The molecule has 0 spiro atoms. The fourth-order valence-corrected chi connectivity index (χ4v) is 2.76. The SMILES string of the molecule is COc1ccc(-c2nc(Nc3cccc(O)c3)c3ccccc3n2)cc1. The van der Waals surface area contributed by atoms with E-state index in [9.17, 15) is 5.11 Å². The highest BCUT2D eigenvalue weighted by atomic mass is 16.5. The smallest absolute Gasteiger partial charge is 0.162 e. The van der Waals surface area contributed by atoms with Crippen molar-refractivity contribution in [3.63, 3.8) is 0 Å². The predicted molar refractivity (Wildman–Crippen MR) is 103 cm³/mol. The number of hydrogen-bond donors (Lipinski definition) is 2. The summed E-state index contributed by atoms with van der Waals surface area (Å²) in [5.74, 6) is 2.29. The maximum atomic E-state index is 9.70. The monoisotopic (exact) mass is 343 g/mol. The molecule has 1 aromatic heterocycles. The van der Waals surface area contributed by atoms with E-state index >= 15 is 0 Å². The van der Waals surface area contributed by atoms with Gasteiger partial charge in [0.15, 0.2) is 5.82 Å². The van der Waals surface area contributed by atoms with E-state index < -0.39 is 0 Å². The van der Waals surface area contributed by atoms with Gasteiger partial charge in [-0.05, 0) is 48.5 Å². The van der Waals surface area contributed by atoms with Crippen LogP contribution in [0.1, 0.15) is 0 Å². The molecule has 1 heterocycles. The van der Waals surface area contributed by atoms with Crippen LogP contribution >= 0.6 is 0 Å². The van der Waals surface area contributed by atoms with Crippen molar-refractivity contribution in [2.75, 3.05) is 12.4 Å². The maximum absolute atomic E-state index is 9.70. The number of nitrogens with one attached hydrogen (secondary N) is 1. The largest absolute Gasteiger partial charge is 0.508 e. The van der Waals surface area contributed by atoms with Gasteiger partial charge in [0.05, 0.1) is 12.6 Å². The highest BCUT2D eigenvalue weighted by molar-refractivity contribution is 5.92. The van der Waals surface area contributed by atoms with Gasteiger partial charge in [-0.1, -0.05) is 18.2 Å². The van der Waals surface area contributed by atoms with E-state index in [0.717, 1.165) is 27.9 Å². The van der Waals surface area contributed by atoms with Crippen molar-refractivity contribution in [1.29, 1.82) is 0 Å². The van der Waals surface area contributed by atoms with E-state index in [0.29, 0.717) is 11.6 Å². The van der Waals surface area contributed by atoms with Gasteiger partial charge in [-0.15, -0.1) is 0 Å². The van der Waals surface area contributed by atoms with Gasteiger partial charge in [0, 0.05) is 22.7 Å². The summed E-state index contributed by atoms with van der Waals surface area (Å²) in [7, 11) is 1.64. The minimum Gasteiger partial charge on any atom is -0.508 e. The maximum Gasteiger partial charge on any atom is 0.162 e. The Balaban J connectivity index is 1.82. The summed E-state index contributed by atoms with van der Waals surface area (Å²) in [5.41, 5.74) is 2.50. The van der Waals surface area contributed by atoms with Crippen LogP contribution in [0.15, 0.2) is 72.8 Å². The Labute approximate surface area is 150 Å². The zero-order chi connectivity index (χ0) is 17.9. The summed E-state index contributed by atoms with van der Waals surface area (Å²) in [6.45, 7) is 0. The van der Waals surface area contributed by atoms with Crippen LogP contribution in [0.25, 0.3) is 22.3 Å². The number of methoxy groups -OCH3 is 1. The second-order valence-electron chi connectivity index (χ2n) is 5.82. The molecule has 0 aliphatic rings. The molecule has 0 fully saturated rings. The lowest BCUT2D eigenvalue weighted by Crippen LogP contribution is -1.99. The lowest BCUT2D eigenvalue weighted by molar-refractivity contribution is 0.415. The molecule has 3 aromatic carbocycles. The van der Waals surface area contributed by atoms with E-state index in [-0.39, 0.29) is 5.75 Å². The van der Waals surface area contributed by atoms with E-state index in [2.05, 4.69) is 10.3 Å². The predicted octanol–water partition coefficient (Wildman–Crippen LogP) is 4.75. The normalized spacial score (nSPS) is 10.7. The van der Waals surface area contributed by atoms with Crippen LogP contribution in [0.5, 0.6) is 11.5 Å². The number of para-hydroxylation sites is 1. The van der Waals surface area contributed by atoms with Crippen molar-refractivity contribution in [3.05, 3.63) is 72.8 Å². The summed E-state index contributed by atoms with van der Waals surface area (Å²) in [6.07, 6.45) is 0. The molecule has 0 aliphatic heterocycles. The van der Waals surface area contributed by atoms with Crippen molar-refractivity contribution >= 4 is 22.4 Å². The first kappa shape index (κ1) is 15.9. The highest BCUT2D eigenvalue weighted by Gasteiger charge is 2.10. The van der Waals surface area contributed by atoms with E-state index in [1.54, 1.807) is 25.3 Å². The molecule has 0 atom stereocenters. The third-order valence-electron chi connectivity index (χ3n) is 4.06. The van der Waals surface area contributed by atoms with Crippen molar-refractivity contribution in [2.24, 2.45) is 0 Å². The number of anilines is 2. The Hall–Kier alpha value is -3.60. The van der Waals surface area contributed by atoms with Crippen molar-refractivity contribution < 1.29 is 9.84 Å². The van der Waals surface area contributed by atoms with Gasteiger partial charge in [-0.2, -0.15) is 0 Å². The van der Waals surface area contributed by atoms with Crippen molar-refractivity contribution in [3.8, 4) is 22.9 Å². The number of rotatable bonds is 4. The third-order valence-corrected chi connectivity index (χ3v) is 4.06. The first-order chi connectivity index (χ1) is 12.7. The summed E-state index contributed by atoms with van der Waals surface area (Å²) in [5, 5.41) is 13.9. The molecular formula is C21H17N3O2. The van der Waals surface area contributed by atoms with E-state index in [1.807, 2.05) is 54.6 Å². The number of fused-ring (bicyclic) bond motifs is 1. The van der Waals surface area contributed by atoms with E-state index in [4.69, 9.17) is 9.72 Å². The van der Waals surface area contributed by atoms with Crippen LogP contribution in [0.2, 0.25) is 0 Å². The molecule has 128 valence electrons.